The van der Waals surface area contributed by atoms with Gasteiger partial charge in [0.1, 0.15) is 5.75 Å². The van der Waals surface area contributed by atoms with E-state index in [1.807, 2.05) is 11.4 Å². The van der Waals surface area contributed by atoms with E-state index in [0.717, 1.165) is 20.5 Å². The van der Waals surface area contributed by atoms with Gasteiger partial charge in [0.15, 0.2) is 0 Å². The zero-order valence-electron chi connectivity index (χ0n) is 6.69. The molecule has 0 fully saturated rings. The largest absolute Gasteiger partial charge is 0.507 e. The van der Waals surface area contributed by atoms with E-state index in [4.69, 9.17) is 5.11 Å². The van der Waals surface area contributed by atoms with Crippen molar-refractivity contribution in [1.82, 2.24) is 0 Å². The van der Waals surface area contributed by atoms with E-state index in [-0.39, 0.29) is 12.4 Å². The van der Waals surface area contributed by atoms with E-state index < -0.39 is 0 Å². The Labute approximate surface area is 84.9 Å². The lowest BCUT2D eigenvalue weighted by Crippen LogP contribution is -1.81. The van der Waals surface area contributed by atoms with Crippen molar-refractivity contribution < 1.29 is 10.2 Å². The summed E-state index contributed by atoms with van der Waals surface area (Å²) in [6.45, 7) is -0.0523. The van der Waals surface area contributed by atoms with Crippen LogP contribution in [-0.2, 0) is 6.61 Å². The Morgan fingerprint density at radius 2 is 2.15 bits per heavy atom. The molecule has 0 spiro atoms. The van der Waals surface area contributed by atoms with Crippen LogP contribution in [0, 0.1) is 0 Å². The number of aliphatic hydroxyl groups excluding tert-OH is 1. The van der Waals surface area contributed by atoms with Crippen molar-refractivity contribution in [2.75, 3.05) is 0 Å². The van der Waals surface area contributed by atoms with Crippen molar-refractivity contribution in [1.29, 1.82) is 0 Å². The Morgan fingerprint density at radius 3 is 2.85 bits per heavy atom. The van der Waals surface area contributed by atoms with Gasteiger partial charge in [-0.2, -0.15) is 0 Å². The van der Waals surface area contributed by atoms with Gasteiger partial charge < -0.3 is 10.2 Å². The van der Waals surface area contributed by atoms with Crippen LogP contribution in [-0.4, -0.2) is 10.2 Å². The lowest BCUT2D eigenvalue weighted by atomic mass is 10.1. The Bertz CT molecular complexity index is 448. The summed E-state index contributed by atoms with van der Waals surface area (Å²) in [6, 6.07) is 3.42. The quantitative estimate of drug-likeness (QED) is 0.635. The summed E-state index contributed by atoms with van der Waals surface area (Å²) in [6.07, 6.45) is 0. The average molecular weight is 212 g/mol. The minimum atomic E-state index is -0.0523. The van der Waals surface area contributed by atoms with Crippen molar-refractivity contribution in [3.05, 3.63) is 23.1 Å². The number of benzene rings is 1. The molecule has 0 saturated heterocycles. The topological polar surface area (TPSA) is 40.5 Å². The molecule has 1 aromatic heterocycles. The second-order valence-corrected chi connectivity index (χ2v) is 4.16. The SMILES string of the molecule is OCc1cc(O)c2c(S)csc2c1. The number of aromatic hydroxyl groups is 1. The molecule has 1 aromatic carbocycles. The second-order valence-electron chi connectivity index (χ2n) is 2.77. The average Bonchev–Trinajstić information content (AvgIpc) is 2.48. The van der Waals surface area contributed by atoms with Gasteiger partial charge in [-0.25, -0.2) is 0 Å². The molecule has 0 amide bonds. The molecule has 2 nitrogen and oxygen atoms in total. The molecular weight excluding hydrogens is 204 g/mol. The summed E-state index contributed by atoms with van der Waals surface area (Å²) in [7, 11) is 0. The van der Waals surface area contributed by atoms with Crippen LogP contribution in [0.25, 0.3) is 10.1 Å². The number of thiophene rings is 1. The van der Waals surface area contributed by atoms with Crippen LogP contribution in [0.2, 0.25) is 0 Å². The summed E-state index contributed by atoms with van der Waals surface area (Å²) in [5, 5.41) is 21.1. The van der Waals surface area contributed by atoms with Crippen molar-refractivity contribution in [2.24, 2.45) is 0 Å². The molecule has 2 aromatic rings. The smallest absolute Gasteiger partial charge is 0.125 e. The van der Waals surface area contributed by atoms with Crippen molar-refractivity contribution in [3.63, 3.8) is 0 Å². The number of fused-ring (bicyclic) bond motifs is 1. The third-order valence-corrected chi connectivity index (χ3v) is 3.33. The molecule has 0 unspecified atom stereocenters. The maximum Gasteiger partial charge on any atom is 0.125 e. The molecule has 68 valence electrons. The minimum Gasteiger partial charge on any atom is -0.507 e. The van der Waals surface area contributed by atoms with Gasteiger partial charge in [0.05, 0.1) is 6.61 Å². The molecule has 0 bridgehead atoms. The molecule has 0 aliphatic carbocycles. The van der Waals surface area contributed by atoms with Gasteiger partial charge in [-0.1, -0.05) is 0 Å². The first-order valence-corrected chi connectivity index (χ1v) is 5.08. The summed E-state index contributed by atoms with van der Waals surface area (Å²) >= 11 is 5.73. The van der Waals surface area contributed by atoms with Crippen LogP contribution < -0.4 is 0 Å². The number of rotatable bonds is 1. The number of aliphatic hydroxyl groups is 1. The van der Waals surface area contributed by atoms with Crippen LogP contribution in [0.3, 0.4) is 0 Å². The fourth-order valence-electron chi connectivity index (χ4n) is 1.28. The van der Waals surface area contributed by atoms with Crippen LogP contribution in [0.4, 0.5) is 0 Å². The third-order valence-electron chi connectivity index (χ3n) is 1.88. The zero-order chi connectivity index (χ0) is 9.42. The van der Waals surface area contributed by atoms with E-state index in [2.05, 4.69) is 12.6 Å². The summed E-state index contributed by atoms with van der Waals surface area (Å²) in [4.78, 5) is 0.780. The van der Waals surface area contributed by atoms with Gasteiger partial charge >= 0.3 is 0 Å². The van der Waals surface area contributed by atoms with E-state index >= 15 is 0 Å². The first-order valence-electron chi connectivity index (χ1n) is 3.75. The van der Waals surface area contributed by atoms with E-state index in [0.29, 0.717) is 0 Å². The highest BCUT2D eigenvalue weighted by Gasteiger charge is 2.07. The maximum atomic E-state index is 9.60. The molecule has 0 atom stereocenters. The first-order chi connectivity index (χ1) is 6.22. The minimum absolute atomic E-state index is 0.0523. The molecule has 0 radical (unpaired) electrons. The third kappa shape index (κ3) is 1.41. The Balaban J connectivity index is 2.79. The Kier molecular flexibility index (Phi) is 2.19. The number of phenolic OH excluding ortho intramolecular Hbond substituents is 1. The highest BCUT2D eigenvalue weighted by Crippen LogP contribution is 2.36. The van der Waals surface area contributed by atoms with Crippen LogP contribution in [0.1, 0.15) is 5.56 Å². The standard InChI is InChI=1S/C9H8O2S2/c10-3-5-1-6(11)9-7(12)4-13-8(9)2-5/h1-2,4,10-12H,3H2. The number of phenols is 1. The Morgan fingerprint density at radius 1 is 1.38 bits per heavy atom. The maximum absolute atomic E-state index is 9.60. The monoisotopic (exact) mass is 212 g/mol. The zero-order valence-corrected chi connectivity index (χ0v) is 8.40. The summed E-state index contributed by atoms with van der Waals surface area (Å²) < 4.78 is 0.953. The predicted octanol–water partition coefficient (Wildman–Crippen LogP) is 2.39. The first kappa shape index (κ1) is 8.87. The van der Waals surface area contributed by atoms with Gasteiger partial charge in [-0.3, -0.25) is 0 Å². The van der Waals surface area contributed by atoms with Crippen LogP contribution >= 0.6 is 24.0 Å². The normalized spacial score (nSPS) is 10.9. The highest BCUT2D eigenvalue weighted by atomic mass is 32.1. The fraction of sp³-hybridized carbons (Fsp3) is 0.111. The predicted molar refractivity (Wildman–Crippen MR) is 56.7 cm³/mol. The number of thiol groups is 1. The molecule has 0 aliphatic heterocycles. The van der Waals surface area contributed by atoms with E-state index in [1.165, 1.54) is 11.3 Å². The summed E-state index contributed by atoms with van der Waals surface area (Å²) in [5.74, 6) is 0.188. The van der Waals surface area contributed by atoms with Crippen LogP contribution in [0.5, 0.6) is 5.75 Å². The van der Waals surface area contributed by atoms with Gasteiger partial charge in [0.2, 0.25) is 0 Å². The van der Waals surface area contributed by atoms with Crippen molar-refractivity contribution in [3.8, 4) is 5.75 Å². The Hall–Kier alpha value is -0.710. The molecular formula is C9H8O2S2. The second kappa shape index (κ2) is 3.21. The van der Waals surface area contributed by atoms with Crippen LogP contribution in [0.15, 0.2) is 22.4 Å². The number of hydrogen-bond acceptors (Lipinski definition) is 4. The van der Waals surface area contributed by atoms with E-state index in [9.17, 15) is 5.11 Å². The van der Waals surface area contributed by atoms with Gasteiger partial charge in [-0.05, 0) is 17.7 Å². The van der Waals surface area contributed by atoms with E-state index in [1.54, 1.807) is 6.07 Å². The lowest BCUT2D eigenvalue weighted by Gasteiger charge is -2.00. The molecule has 0 aliphatic rings. The summed E-state index contributed by atoms with van der Waals surface area (Å²) in [5.41, 5.74) is 0.722. The molecule has 2 N–H and O–H groups in total. The molecule has 2 rings (SSSR count). The highest BCUT2D eigenvalue weighted by molar-refractivity contribution is 7.80. The lowest BCUT2D eigenvalue weighted by molar-refractivity contribution is 0.281. The molecule has 1 heterocycles. The van der Waals surface area contributed by atoms with Gasteiger partial charge in [0.25, 0.3) is 0 Å². The van der Waals surface area contributed by atoms with Crippen molar-refractivity contribution in [2.45, 2.75) is 11.5 Å². The number of hydrogen-bond donors (Lipinski definition) is 3. The van der Waals surface area contributed by atoms with Gasteiger partial charge in [0, 0.05) is 20.4 Å². The molecule has 13 heavy (non-hydrogen) atoms. The molecule has 0 saturated carbocycles. The fourth-order valence-corrected chi connectivity index (χ4v) is 2.65. The van der Waals surface area contributed by atoms with Gasteiger partial charge in [-0.15, -0.1) is 24.0 Å². The van der Waals surface area contributed by atoms with Crippen molar-refractivity contribution >= 4 is 34.1 Å². The molecule has 4 heteroatoms.